The number of thioether (sulfide) groups is 1. The van der Waals surface area contributed by atoms with E-state index in [1.165, 1.54) is 22.4 Å². The van der Waals surface area contributed by atoms with Crippen LogP contribution in [0.1, 0.15) is 5.56 Å². The highest BCUT2D eigenvalue weighted by Crippen LogP contribution is 2.30. The predicted molar refractivity (Wildman–Crippen MR) is 135 cm³/mol. The van der Waals surface area contributed by atoms with Crippen LogP contribution in [0.15, 0.2) is 107 Å². The molecule has 0 aliphatic heterocycles. The van der Waals surface area contributed by atoms with Crippen molar-refractivity contribution in [2.75, 3.05) is 0 Å². The van der Waals surface area contributed by atoms with E-state index in [-0.39, 0.29) is 11.3 Å². The van der Waals surface area contributed by atoms with Crippen LogP contribution in [0.3, 0.4) is 0 Å². The molecule has 0 atom stereocenters. The number of rotatable bonds is 6. The zero-order valence-electron chi connectivity index (χ0n) is 17.8. The molecule has 0 aliphatic rings. The third-order valence-corrected chi connectivity index (χ3v) is 6.55. The minimum atomic E-state index is -0.392. The molecular weight excluding hydrogens is 471 g/mol. The van der Waals surface area contributed by atoms with E-state index in [1.807, 2.05) is 36.4 Å². The summed E-state index contributed by atoms with van der Waals surface area (Å²) in [6, 6.07) is 28.4. The Labute approximate surface area is 204 Å². The molecule has 0 bridgehead atoms. The van der Waals surface area contributed by atoms with E-state index in [9.17, 15) is 9.18 Å². The molecular formula is C27H18ClFN2O2S. The SMILES string of the molecule is O=c1c2ccccc2nc(SCc2c(F)cccc2Cl)n1-c1ccc(Oc2ccccc2)cc1. The lowest BCUT2D eigenvalue weighted by atomic mass is 10.2. The first-order valence-electron chi connectivity index (χ1n) is 10.5. The van der Waals surface area contributed by atoms with Crippen molar-refractivity contribution >= 4 is 34.3 Å². The molecule has 168 valence electrons. The fourth-order valence-electron chi connectivity index (χ4n) is 3.53. The van der Waals surface area contributed by atoms with Crippen molar-refractivity contribution in [2.24, 2.45) is 0 Å². The summed E-state index contributed by atoms with van der Waals surface area (Å²) in [5, 5.41) is 1.28. The molecule has 0 radical (unpaired) electrons. The third-order valence-electron chi connectivity index (χ3n) is 5.23. The smallest absolute Gasteiger partial charge is 0.266 e. The van der Waals surface area contributed by atoms with Crippen LogP contribution in [0.5, 0.6) is 11.5 Å². The summed E-state index contributed by atoms with van der Waals surface area (Å²) < 4.78 is 21.7. The Morgan fingerprint density at radius 3 is 2.32 bits per heavy atom. The number of benzene rings is 4. The highest BCUT2D eigenvalue weighted by molar-refractivity contribution is 7.98. The van der Waals surface area contributed by atoms with Gasteiger partial charge in [-0.2, -0.15) is 0 Å². The number of fused-ring (bicyclic) bond motifs is 1. The molecule has 1 aromatic heterocycles. The largest absolute Gasteiger partial charge is 0.457 e. The maximum absolute atomic E-state index is 14.3. The quantitative estimate of drug-likeness (QED) is 0.186. The minimum Gasteiger partial charge on any atom is -0.457 e. The molecule has 7 heteroatoms. The minimum absolute atomic E-state index is 0.204. The van der Waals surface area contributed by atoms with Crippen molar-refractivity contribution in [1.29, 1.82) is 0 Å². The summed E-state index contributed by atoms with van der Waals surface area (Å²) in [4.78, 5) is 18.2. The number of aromatic nitrogens is 2. The topological polar surface area (TPSA) is 44.1 Å². The van der Waals surface area contributed by atoms with Gasteiger partial charge in [0.05, 0.1) is 16.6 Å². The van der Waals surface area contributed by atoms with Crippen LogP contribution in [-0.4, -0.2) is 9.55 Å². The Balaban J connectivity index is 1.54. The zero-order valence-corrected chi connectivity index (χ0v) is 19.4. The average Bonchev–Trinajstić information content (AvgIpc) is 2.85. The van der Waals surface area contributed by atoms with Crippen molar-refractivity contribution < 1.29 is 9.13 Å². The lowest BCUT2D eigenvalue weighted by Crippen LogP contribution is -2.21. The monoisotopic (exact) mass is 488 g/mol. The van der Waals surface area contributed by atoms with E-state index in [0.717, 1.165) is 5.75 Å². The van der Waals surface area contributed by atoms with Crippen molar-refractivity contribution in [3.63, 3.8) is 0 Å². The second-order valence-corrected chi connectivity index (χ2v) is 8.80. The second-order valence-electron chi connectivity index (χ2n) is 7.45. The fraction of sp³-hybridized carbons (Fsp3) is 0.0370. The lowest BCUT2D eigenvalue weighted by molar-refractivity contribution is 0.482. The van der Waals surface area contributed by atoms with Crippen LogP contribution >= 0.6 is 23.4 Å². The Bertz CT molecular complexity index is 1500. The Kier molecular flexibility index (Phi) is 6.34. The van der Waals surface area contributed by atoms with Gasteiger partial charge in [-0.05, 0) is 60.7 Å². The van der Waals surface area contributed by atoms with Gasteiger partial charge in [-0.25, -0.2) is 9.37 Å². The third kappa shape index (κ3) is 4.55. The van der Waals surface area contributed by atoms with Gasteiger partial charge < -0.3 is 4.74 Å². The van der Waals surface area contributed by atoms with Crippen molar-refractivity contribution in [3.05, 3.63) is 124 Å². The molecule has 0 aliphatic carbocycles. The maximum atomic E-state index is 14.3. The van der Waals surface area contributed by atoms with E-state index in [1.54, 1.807) is 54.6 Å². The number of ether oxygens (including phenoxy) is 1. The van der Waals surface area contributed by atoms with E-state index in [0.29, 0.717) is 38.1 Å². The van der Waals surface area contributed by atoms with Gasteiger partial charge in [0.15, 0.2) is 5.16 Å². The molecule has 0 spiro atoms. The number of hydrogen-bond donors (Lipinski definition) is 0. The molecule has 1 heterocycles. The standard InChI is InChI=1S/C27H18ClFN2O2S/c28-23-10-6-11-24(29)22(23)17-34-27-30-25-12-5-4-9-21(25)26(32)31(27)18-13-15-20(16-14-18)33-19-7-2-1-3-8-19/h1-16H,17H2. The van der Waals surface area contributed by atoms with Crippen LogP contribution < -0.4 is 10.3 Å². The van der Waals surface area contributed by atoms with Crippen LogP contribution in [0.4, 0.5) is 4.39 Å². The van der Waals surface area contributed by atoms with Gasteiger partial charge in [0, 0.05) is 16.3 Å². The van der Waals surface area contributed by atoms with Crippen molar-refractivity contribution in [3.8, 4) is 17.2 Å². The Morgan fingerprint density at radius 1 is 0.853 bits per heavy atom. The number of hydrogen-bond acceptors (Lipinski definition) is 4. The number of nitrogens with zero attached hydrogens (tertiary/aromatic N) is 2. The molecule has 5 rings (SSSR count). The van der Waals surface area contributed by atoms with Crippen molar-refractivity contribution in [2.45, 2.75) is 10.9 Å². The van der Waals surface area contributed by atoms with E-state index in [4.69, 9.17) is 21.3 Å². The normalized spacial score (nSPS) is 11.0. The summed E-state index contributed by atoms with van der Waals surface area (Å²) in [5.74, 6) is 1.20. The van der Waals surface area contributed by atoms with Gasteiger partial charge in [0.1, 0.15) is 17.3 Å². The van der Waals surface area contributed by atoms with Gasteiger partial charge in [0.2, 0.25) is 0 Å². The van der Waals surface area contributed by atoms with Gasteiger partial charge >= 0.3 is 0 Å². The van der Waals surface area contributed by atoms with E-state index in [2.05, 4.69) is 0 Å². The molecule has 0 amide bonds. The first kappa shape index (κ1) is 22.2. The summed E-state index contributed by atoms with van der Waals surface area (Å²) in [6.07, 6.45) is 0. The summed E-state index contributed by atoms with van der Waals surface area (Å²) in [7, 11) is 0. The molecule has 4 aromatic carbocycles. The molecule has 0 saturated carbocycles. The first-order chi connectivity index (χ1) is 16.6. The Hall–Kier alpha value is -3.61. The van der Waals surface area contributed by atoms with Crippen LogP contribution in [0, 0.1) is 5.82 Å². The van der Waals surface area contributed by atoms with E-state index >= 15 is 0 Å². The number of para-hydroxylation sites is 2. The summed E-state index contributed by atoms with van der Waals surface area (Å²) in [6.45, 7) is 0. The van der Waals surface area contributed by atoms with Gasteiger partial charge in [-0.15, -0.1) is 0 Å². The highest BCUT2D eigenvalue weighted by atomic mass is 35.5. The van der Waals surface area contributed by atoms with Gasteiger partial charge in [-0.1, -0.05) is 59.8 Å². The van der Waals surface area contributed by atoms with Crippen LogP contribution in [-0.2, 0) is 5.75 Å². The molecule has 5 aromatic rings. The Morgan fingerprint density at radius 2 is 1.56 bits per heavy atom. The maximum Gasteiger partial charge on any atom is 0.266 e. The lowest BCUT2D eigenvalue weighted by Gasteiger charge is -2.14. The van der Waals surface area contributed by atoms with Crippen molar-refractivity contribution in [1.82, 2.24) is 9.55 Å². The molecule has 0 unspecified atom stereocenters. The fourth-order valence-corrected chi connectivity index (χ4v) is 4.89. The van der Waals surface area contributed by atoms with E-state index < -0.39 is 5.82 Å². The van der Waals surface area contributed by atoms with Gasteiger partial charge in [0.25, 0.3) is 5.56 Å². The van der Waals surface area contributed by atoms with Crippen LogP contribution in [0.2, 0.25) is 5.02 Å². The average molecular weight is 489 g/mol. The second kappa shape index (κ2) is 9.71. The first-order valence-corrected chi connectivity index (χ1v) is 11.9. The predicted octanol–water partition coefficient (Wildman–Crippen LogP) is 7.26. The molecule has 0 N–H and O–H groups in total. The van der Waals surface area contributed by atoms with Crippen LogP contribution in [0.25, 0.3) is 16.6 Å². The van der Waals surface area contributed by atoms with Gasteiger partial charge in [-0.3, -0.25) is 9.36 Å². The number of halogens is 2. The molecule has 0 fully saturated rings. The zero-order chi connectivity index (χ0) is 23.5. The molecule has 0 saturated heterocycles. The highest BCUT2D eigenvalue weighted by Gasteiger charge is 2.15. The summed E-state index contributed by atoms with van der Waals surface area (Å²) in [5.41, 5.74) is 1.37. The molecule has 4 nitrogen and oxygen atoms in total. The molecule has 34 heavy (non-hydrogen) atoms. The summed E-state index contributed by atoms with van der Waals surface area (Å²) >= 11 is 7.46.